The molecule has 1 aromatic carbocycles. The van der Waals surface area contributed by atoms with Gasteiger partial charge in [0.1, 0.15) is 5.69 Å². The van der Waals surface area contributed by atoms with E-state index in [0.717, 1.165) is 44.2 Å². The summed E-state index contributed by atoms with van der Waals surface area (Å²) in [7, 11) is 0. The predicted molar refractivity (Wildman–Crippen MR) is 106 cm³/mol. The highest BCUT2D eigenvalue weighted by Gasteiger charge is 2.18. The smallest absolute Gasteiger partial charge is 0.177 e. The van der Waals surface area contributed by atoms with E-state index in [4.69, 9.17) is 5.10 Å². The van der Waals surface area contributed by atoms with Gasteiger partial charge in [0.15, 0.2) is 11.5 Å². The van der Waals surface area contributed by atoms with E-state index >= 15 is 0 Å². The molecule has 6 nitrogen and oxygen atoms in total. The van der Waals surface area contributed by atoms with Crippen molar-refractivity contribution in [2.75, 3.05) is 0 Å². The molecule has 0 bridgehead atoms. The van der Waals surface area contributed by atoms with Crippen LogP contribution in [0, 0.1) is 6.92 Å². The summed E-state index contributed by atoms with van der Waals surface area (Å²) >= 11 is 1.45. The number of fused-ring (bicyclic) bond motifs is 2. The summed E-state index contributed by atoms with van der Waals surface area (Å²) in [4.78, 5) is 5.43. The lowest BCUT2D eigenvalue weighted by molar-refractivity contribution is 0.753. The van der Waals surface area contributed by atoms with Crippen molar-refractivity contribution in [2.45, 2.75) is 19.8 Å². The Labute approximate surface area is 159 Å². The third-order valence-electron chi connectivity index (χ3n) is 4.68. The van der Waals surface area contributed by atoms with E-state index in [9.17, 15) is 0 Å². The second-order valence-corrected chi connectivity index (χ2v) is 7.36. The van der Waals surface area contributed by atoms with Crippen molar-refractivity contribution in [2.24, 2.45) is 0 Å². The molecule has 0 spiro atoms. The molecular formula is C20H16N6S. The summed E-state index contributed by atoms with van der Waals surface area (Å²) in [5, 5.41) is 14.6. The van der Waals surface area contributed by atoms with Gasteiger partial charge in [0, 0.05) is 17.5 Å². The van der Waals surface area contributed by atoms with Crippen LogP contribution < -0.4 is 0 Å². The highest BCUT2D eigenvalue weighted by atomic mass is 32.1. The van der Waals surface area contributed by atoms with Crippen LogP contribution in [0.25, 0.3) is 27.1 Å². The molecule has 0 unspecified atom stereocenters. The fourth-order valence-corrected chi connectivity index (χ4v) is 3.92. The summed E-state index contributed by atoms with van der Waals surface area (Å²) in [5.74, 6) is 0.867. The van der Waals surface area contributed by atoms with E-state index in [1.54, 1.807) is 0 Å². The maximum atomic E-state index is 4.78. The van der Waals surface area contributed by atoms with Gasteiger partial charge in [-0.25, -0.2) is 0 Å². The first-order valence-corrected chi connectivity index (χ1v) is 9.47. The number of aromatic nitrogens is 6. The Kier molecular flexibility index (Phi) is 3.68. The van der Waals surface area contributed by atoms with Gasteiger partial charge in [-0.15, -0.1) is 10.2 Å². The Morgan fingerprint density at radius 1 is 1.04 bits per heavy atom. The number of rotatable bonds is 3. The van der Waals surface area contributed by atoms with Gasteiger partial charge in [-0.2, -0.15) is 14.0 Å². The zero-order chi connectivity index (χ0) is 18.4. The minimum Gasteiger partial charge on any atom is -0.256 e. The lowest BCUT2D eigenvalue weighted by Crippen LogP contribution is -2.05. The van der Waals surface area contributed by atoms with Crippen LogP contribution in [-0.2, 0) is 0 Å². The molecule has 132 valence electrons. The van der Waals surface area contributed by atoms with Crippen LogP contribution in [0.5, 0.6) is 0 Å². The highest BCUT2D eigenvalue weighted by Crippen LogP contribution is 2.27. The average Bonchev–Trinajstić information content (AvgIpc) is 3.32. The maximum absolute atomic E-state index is 4.78. The molecular weight excluding hydrogens is 356 g/mol. The van der Waals surface area contributed by atoms with Gasteiger partial charge in [0.2, 0.25) is 0 Å². The fraction of sp³-hybridized carbons (Fsp3) is 0.150. The summed E-state index contributed by atoms with van der Waals surface area (Å²) in [5.41, 5.74) is 4.76. The summed E-state index contributed by atoms with van der Waals surface area (Å²) in [6.45, 7) is 4.11. The molecule has 0 radical (unpaired) electrons. The van der Waals surface area contributed by atoms with Crippen LogP contribution in [-0.4, -0.2) is 29.2 Å². The van der Waals surface area contributed by atoms with Gasteiger partial charge in [-0.1, -0.05) is 19.1 Å². The average molecular weight is 372 g/mol. The van der Waals surface area contributed by atoms with Gasteiger partial charge in [0.05, 0.1) is 16.1 Å². The van der Waals surface area contributed by atoms with Gasteiger partial charge in [0.25, 0.3) is 0 Å². The van der Waals surface area contributed by atoms with Crippen molar-refractivity contribution < 1.29 is 0 Å². The van der Waals surface area contributed by atoms with Crippen molar-refractivity contribution in [3.63, 3.8) is 0 Å². The fourth-order valence-electron chi connectivity index (χ4n) is 3.20. The molecule has 0 saturated heterocycles. The zero-order valence-corrected chi connectivity index (χ0v) is 15.7. The van der Waals surface area contributed by atoms with Crippen LogP contribution in [0.4, 0.5) is 0 Å². The Hall–Kier alpha value is -3.19. The van der Waals surface area contributed by atoms with Crippen molar-refractivity contribution in [3.8, 4) is 10.6 Å². The molecule has 5 rings (SSSR count). The standard InChI is InChI=1S/C20H16N6S/c1-12-10-18(27-25-12)17-7-8-19-22-23-20(26(19)24-17)13(2)14-5-6-16-15(11-14)4-3-9-21-16/h3-11,13H,1-2H3/t13-/m1/s1. The van der Waals surface area contributed by atoms with Gasteiger partial charge in [-0.05, 0) is 60.4 Å². The molecule has 27 heavy (non-hydrogen) atoms. The molecule has 0 aliphatic heterocycles. The van der Waals surface area contributed by atoms with Crippen molar-refractivity contribution in [1.82, 2.24) is 29.2 Å². The van der Waals surface area contributed by atoms with E-state index in [0.29, 0.717) is 0 Å². The topological polar surface area (TPSA) is 68.9 Å². The van der Waals surface area contributed by atoms with Gasteiger partial charge in [-0.3, -0.25) is 4.98 Å². The second kappa shape index (κ2) is 6.21. The summed E-state index contributed by atoms with van der Waals surface area (Å²) < 4.78 is 6.19. The normalized spacial score (nSPS) is 12.7. The third kappa shape index (κ3) is 2.76. The van der Waals surface area contributed by atoms with Gasteiger partial charge >= 0.3 is 0 Å². The lowest BCUT2D eigenvalue weighted by Gasteiger charge is -2.11. The lowest BCUT2D eigenvalue weighted by atomic mass is 9.98. The molecule has 0 saturated carbocycles. The summed E-state index contributed by atoms with van der Waals surface area (Å²) in [6.07, 6.45) is 1.81. The molecule has 1 atom stereocenters. The SMILES string of the molecule is Cc1cc(-c2ccc3nnc([C@H](C)c4ccc5ncccc5c4)n3n2)sn1. The molecule has 4 aromatic heterocycles. The van der Waals surface area contributed by atoms with Crippen molar-refractivity contribution >= 4 is 28.1 Å². The predicted octanol–water partition coefficient (Wildman–Crippen LogP) is 4.26. The first-order valence-electron chi connectivity index (χ1n) is 8.70. The maximum Gasteiger partial charge on any atom is 0.177 e. The minimum atomic E-state index is 0.0514. The monoisotopic (exact) mass is 372 g/mol. The number of hydrogen-bond acceptors (Lipinski definition) is 6. The van der Waals surface area contributed by atoms with E-state index < -0.39 is 0 Å². The molecule has 0 fully saturated rings. The van der Waals surface area contributed by atoms with Crippen molar-refractivity contribution in [1.29, 1.82) is 0 Å². The molecule has 0 N–H and O–H groups in total. The Morgan fingerprint density at radius 3 is 2.81 bits per heavy atom. The molecule has 0 aliphatic carbocycles. The molecule has 4 heterocycles. The van der Waals surface area contributed by atoms with E-state index in [2.05, 4.69) is 44.7 Å². The molecule has 0 amide bonds. The summed E-state index contributed by atoms with van der Waals surface area (Å²) in [6, 6.07) is 16.3. The van der Waals surface area contributed by atoms with Crippen LogP contribution >= 0.6 is 11.5 Å². The van der Waals surface area contributed by atoms with Crippen LogP contribution in [0.2, 0.25) is 0 Å². The molecule has 7 heteroatoms. The minimum absolute atomic E-state index is 0.0514. The van der Waals surface area contributed by atoms with E-state index in [-0.39, 0.29) is 5.92 Å². The number of hydrogen-bond donors (Lipinski definition) is 0. The zero-order valence-electron chi connectivity index (χ0n) is 14.9. The van der Waals surface area contributed by atoms with Gasteiger partial charge < -0.3 is 0 Å². The molecule has 0 aliphatic rings. The molecule has 5 aromatic rings. The Balaban J connectivity index is 1.60. The largest absolute Gasteiger partial charge is 0.256 e. The Bertz CT molecular complexity index is 1270. The number of nitrogens with zero attached hydrogens (tertiary/aromatic N) is 6. The van der Waals surface area contributed by atoms with E-state index in [1.165, 1.54) is 11.5 Å². The highest BCUT2D eigenvalue weighted by molar-refractivity contribution is 7.09. The quantitative estimate of drug-likeness (QED) is 0.473. The van der Waals surface area contributed by atoms with Crippen LogP contribution in [0.15, 0.2) is 54.7 Å². The van der Waals surface area contributed by atoms with Crippen LogP contribution in [0.1, 0.15) is 29.9 Å². The number of aryl methyl sites for hydroxylation is 1. The van der Waals surface area contributed by atoms with Crippen LogP contribution in [0.3, 0.4) is 0 Å². The van der Waals surface area contributed by atoms with E-state index in [1.807, 2.05) is 48.0 Å². The Morgan fingerprint density at radius 2 is 1.96 bits per heavy atom. The number of benzene rings is 1. The first kappa shape index (κ1) is 16.0. The number of pyridine rings is 1. The first-order chi connectivity index (χ1) is 13.2. The van der Waals surface area contributed by atoms with Crippen molar-refractivity contribution in [3.05, 3.63) is 71.8 Å². The second-order valence-electron chi connectivity index (χ2n) is 6.56. The third-order valence-corrected chi connectivity index (χ3v) is 5.58.